The third-order valence-corrected chi connectivity index (χ3v) is 10.9. The summed E-state index contributed by atoms with van der Waals surface area (Å²) >= 11 is 12.4. The fourth-order valence-electron chi connectivity index (χ4n) is 2.87. The molecule has 0 bridgehead atoms. The highest BCUT2D eigenvalue weighted by atomic mass is 35.5. The predicted octanol–water partition coefficient (Wildman–Crippen LogP) is 3.65. The Morgan fingerprint density at radius 3 is 2.12 bits per heavy atom. The molecule has 9 nitrogen and oxygen atoms in total. The van der Waals surface area contributed by atoms with E-state index in [1.807, 2.05) is 4.90 Å². The molecule has 0 aliphatic carbocycles. The van der Waals surface area contributed by atoms with Gasteiger partial charge in [0.05, 0.1) is 4.92 Å². The van der Waals surface area contributed by atoms with Crippen molar-refractivity contribution >= 4 is 65.2 Å². The highest BCUT2D eigenvalue weighted by Gasteiger charge is 2.51. The van der Waals surface area contributed by atoms with Gasteiger partial charge in [-0.05, 0) is 42.6 Å². The largest absolute Gasteiger partial charge is 0.381 e. The molecular formula is C18H22Cl2N2O7S3. The van der Waals surface area contributed by atoms with E-state index >= 15 is 0 Å². The SMILES string of the molecule is CC(Cc1ccsc1[N+](=O)[O-])(S(C)(=O)=O)S(=O)(=O)Oc1ccc(N(CCCl)CCCl)cc1. The van der Waals surface area contributed by atoms with E-state index in [1.165, 1.54) is 23.6 Å². The summed E-state index contributed by atoms with van der Waals surface area (Å²) in [5.41, 5.74) is 0.726. The molecule has 0 saturated heterocycles. The van der Waals surface area contributed by atoms with Gasteiger partial charge in [0.2, 0.25) is 4.08 Å². The minimum Gasteiger partial charge on any atom is -0.381 e. The molecule has 32 heavy (non-hydrogen) atoms. The van der Waals surface area contributed by atoms with Crippen molar-refractivity contribution in [3.05, 3.63) is 51.4 Å². The van der Waals surface area contributed by atoms with E-state index in [-0.39, 0.29) is 16.3 Å². The first kappa shape index (κ1) is 26.7. The molecule has 1 unspecified atom stereocenters. The van der Waals surface area contributed by atoms with Crippen molar-refractivity contribution in [2.75, 3.05) is 36.0 Å². The van der Waals surface area contributed by atoms with Crippen LogP contribution in [0.15, 0.2) is 35.7 Å². The first-order valence-electron chi connectivity index (χ1n) is 9.17. The smallest absolute Gasteiger partial charge is 0.329 e. The summed E-state index contributed by atoms with van der Waals surface area (Å²) in [6, 6.07) is 7.31. The Bertz CT molecular complexity index is 1150. The van der Waals surface area contributed by atoms with E-state index in [0.717, 1.165) is 30.2 Å². The Balaban J connectivity index is 2.37. The molecule has 0 saturated carbocycles. The number of alkyl halides is 2. The fraction of sp³-hybridized carbons (Fsp3) is 0.444. The highest BCUT2D eigenvalue weighted by molar-refractivity contribution is 8.08. The maximum Gasteiger partial charge on any atom is 0.329 e. The summed E-state index contributed by atoms with van der Waals surface area (Å²) in [6.45, 7) is 2.03. The van der Waals surface area contributed by atoms with Crippen LogP contribution in [0.3, 0.4) is 0 Å². The average Bonchev–Trinajstić information content (AvgIpc) is 3.15. The number of sulfone groups is 1. The number of nitrogens with zero attached hydrogens (tertiary/aromatic N) is 2. The molecule has 178 valence electrons. The Kier molecular flexibility index (Phi) is 8.79. The van der Waals surface area contributed by atoms with E-state index in [2.05, 4.69) is 0 Å². The quantitative estimate of drug-likeness (QED) is 0.171. The zero-order chi connectivity index (χ0) is 24.2. The second-order valence-electron chi connectivity index (χ2n) is 6.99. The molecule has 0 spiro atoms. The molecule has 2 rings (SSSR count). The Morgan fingerprint density at radius 2 is 1.66 bits per heavy atom. The average molecular weight is 545 g/mol. The van der Waals surface area contributed by atoms with Crippen molar-refractivity contribution in [3.8, 4) is 5.75 Å². The van der Waals surface area contributed by atoms with Gasteiger partial charge in [-0.15, -0.1) is 23.2 Å². The van der Waals surface area contributed by atoms with Crippen molar-refractivity contribution in [1.29, 1.82) is 0 Å². The topological polar surface area (TPSA) is 124 Å². The number of rotatable bonds is 12. The standard InChI is InChI=1S/C18H22Cl2N2O7S3/c1-18(31(2,25)26,13-14-7-12-30-17(14)22(23)24)32(27,28)29-16-5-3-15(4-6-16)21(10-8-19)11-9-20/h3-7,12H,8-11,13H2,1-2H3. The van der Waals surface area contributed by atoms with Crippen LogP contribution in [-0.4, -0.2) is 56.9 Å². The summed E-state index contributed by atoms with van der Waals surface area (Å²) in [5, 5.41) is 12.3. The first-order valence-corrected chi connectivity index (χ1v) is 14.4. The van der Waals surface area contributed by atoms with Crippen LogP contribution >= 0.6 is 34.5 Å². The summed E-state index contributed by atoms with van der Waals surface area (Å²) in [4.78, 5) is 12.4. The van der Waals surface area contributed by atoms with Crippen molar-refractivity contribution < 1.29 is 25.9 Å². The number of hydrogen-bond acceptors (Lipinski definition) is 9. The van der Waals surface area contributed by atoms with Gasteiger partial charge in [-0.25, -0.2) is 8.42 Å². The van der Waals surface area contributed by atoms with Gasteiger partial charge in [-0.2, -0.15) is 8.42 Å². The molecule has 0 radical (unpaired) electrons. The van der Waals surface area contributed by atoms with Crippen LogP contribution in [0.25, 0.3) is 0 Å². The van der Waals surface area contributed by atoms with Gasteiger partial charge in [-0.3, -0.25) is 10.1 Å². The Morgan fingerprint density at radius 1 is 1.09 bits per heavy atom. The molecule has 2 aromatic rings. The van der Waals surface area contributed by atoms with Gasteiger partial charge in [0.15, 0.2) is 9.84 Å². The zero-order valence-electron chi connectivity index (χ0n) is 17.2. The fourth-order valence-corrected chi connectivity index (χ4v) is 6.90. The molecule has 0 aliphatic rings. The van der Waals surface area contributed by atoms with Crippen LogP contribution < -0.4 is 9.08 Å². The molecule has 1 heterocycles. The van der Waals surface area contributed by atoms with Crippen molar-refractivity contribution in [2.45, 2.75) is 17.4 Å². The first-order chi connectivity index (χ1) is 14.9. The van der Waals surface area contributed by atoms with Crippen molar-refractivity contribution in [1.82, 2.24) is 0 Å². The lowest BCUT2D eigenvalue weighted by Gasteiger charge is -2.27. The maximum absolute atomic E-state index is 13.1. The van der Waals surface area contributed by atoms with Gasteiger partial charge >= 0.3 is 15.1 Å². The lowest BCUT2D eigenvalue weighted by Crippen LogP contribution is -2.47. The molecule has 14 heteroatoms. The Labute approximate surface area is 201 Å². The molecule has 1 aromatic carbocycles. The Hall–Kier alpha value is -1.60. The molecule has 0 aliphatic heterocycles. The lowest BCUT2D eigenvalue weighted by molar-refractivity contribution is -0.380. The number of thiophene rings is 1. The summed E-state index contributed by atoms with van der Waals surface area (Å²) in [7, 11) is -9.03. The summed E-state index contributed by atoms with van der Waals surface area (Å²) < 4.78 is 53.9. The van der Waals surface area contributed by atoms with Crippen molar-refractivity contribution in [2.24, 2.45) is 0 Å². The number of nitro groups is 1. The molecule has 1 atom stereocenters. The normalized spacial score (nSPS) is 14.0. The molecule has 1 aromatic heterocycles. The summed E-state index contributed by atoms with van der Waals surface area (Å²) in [5.74, 6) is 0.635. The van der Waals surface area contributed by atoms with Gasteiger partial charge in [0.1, 0.15) is 5.75 Å². The third kappa shape index (κ3) is 5.84. The second-order valence-corrected chi connectivity index (χ2v) is 13.3. The van der Waals surface area contributed by atoms with E-state index < -0.39 is 35.4 Å². The number of hydrogen-bond donors (Lipinski definition) is 0. The third-order valence-electron chi connectivity index (χ3n) is 4.83. The predicted molar refractivity (Wildman–Crippen MR) is 128 cm³/mol. The van der Waals surface area contributed by atoms with Gasteiger partial charge in [0, 0.05) is 48.8 Å². The van der Waals surface area contributed by atoms with Crippen molar-refractivity contribution in [3.63, 3.8) is 0 Å². The zero-order valence-corrected chi connectivity index (χ0v) is 21.2. The van der Waals surface area contributed by atoms with Gasteiger partial charge in [-0.1, -0.05) is 11.3 Å². The molecule has 0 N–H and O–H groups in total. The van der Waals surface area contributed by atoms with E-state index in [9.17, 15) is 26.9 Å². The molecule has 0 amide bonds. The molecular weight excluding hydrogens is 523 g/mol. The van der Waals surface area contributed by atoms with Gasteiger partial charge in [0.25, 0.3) is 0 Å². The number of anilines is 1. The van der Waals surface area contributed by atoms with Crippen LogP contribution in [-0.2, 0) is 26.4 Å². The monoisotopic (exact) mass is 544 g/mol. The van der Waals surface area contributed by atoms with E-state index in [1.54, 1.807) is 12.1 Å². The second kappa shape index (κ2) is 10.6. The summed E-state index contributed by atoms with van der Waals surface area (Å²) in [6.07, 6.45) is 0.122. The van der Waals surface area contributed by atoms with E-state index in [4.69, 9.17) is 27.4 Å². The molecule has 0 fully saturated rings. The van der Waals surface area contributed by atoms with Crippen LogP contribution in [0.1, 0.15) is 12.5 Å². The van der Waals surface area contributed by atoms with Gasteiger partial charge < -0.3 is 9.08 Å². The van der Waals surface area contributed by atoms with Crippen LogP contribution in [0.2, 0.25) is 0 Å². The van der Waals surface area contributed by atoms with Crippen LogP contribution in [0, 0.1) is 10.1 Å². The highest BCUT2D eigenvalue weighted by Crippen LogP contribution is 2.36. The number of benzene rings is 1. The number of halogens is 2. The lowest BCUT2D eigenvalue weighted by atomic mass is 10.2. The minimum absolute atomic E-state index is 0.00626. The minimum atomic E-state index is -4.77. The van der Waals surface area contributed by atoms with E-state index in [0.29, 0.717) is 24.8 Å². The van der Waals surface area contributed by atoms with Crippen LogP contribution in [0.4, 0.5) is 10.7 Å². The maximum atomic E-state index is 13.1. The van der Waals surface area contributed by atoms with Crippen LogP contribution in [0.5, 0.6) is 5.75 Å².